The molecule has 0 saturated heterocycles. The summed E-state index contributed by atoms with van der Waals surface area (Å²) < 4.78 is 0. The number of amides is 1. The first-order valence-corrected chi connectivity index (χ1v) is 6.17. The summed E-state index contributed by atoms with van der Waals surface area (Å²) in [5.41, 5.74) is 0.938. The first-order valence-electron chi connectivity index (χ1n) is 5.35. The number of aryl methyl sites for hydroxylation is 1. The zero-order chi connectivity index (χ0) is 13.7. The van der Waals surface area contributed by atoms with Gasteiger partial charge in [-0.05, 0) is 13.0 Å². The molecule has 0 unspecified atom stereocenters. The van der Waals surface area contributed by atoms with Crippen LogP contribution in [-0.2, 0) is 0 Å². The van der Waals surface area contributed by atoms with E-state index in [4.69, 9.17) is 5.11 Å². The van der Waals surface area contributed by atoms with Crippen LogP contribution in [0.4, 0.5) is 5.13 Å². The van der Waals surface area contributed by atoms with E-state index in [1.54, 1.807) is 13.0 Å². The number of hydrogen-bond acceptors (Lipinski definition) is 6. The van der Waals surface area contributed by atoms with Crippen molar-refractivity contribution in [3.8, 4) is 11.8 Å². The number of aliphatic hydroxyl groups is 1. The van der Waals surface area contributed by atoms with Gasteiger partial charge in [-0.25, -0.2) is 0 Å². The Morgan fingerprint density at radius 1 is 1.47 bits per heavy atom. The van der Waals surface area contributed by atoms with Crippen LogP contribution in [0.3, 0.4) is 0 Å². The predicted molar refractivity (Wildman–Crippen MR) is 70.8 cm³/mol. The zero-order valence-corrected chi connectivity index (χ0v) is 10.9. The lowest BCUT2D eigenvalue weighted by Crippen LogP contribution is -2.12. The molecule has 0 aliphatic heterocycles. The lowest BCUT2D eigenvalue weighted by Gasteiger charge is -2.00. The molecule has 0 saturated carbocycles. The Balaban J connectivity index is 2.15. The Labute approximate surface area is 113 Å². The van der Waals surface area contributed by atoms with E-state index in [1.165, 1.54) is 23.7 Å². The summed E-state index contributed by atoms with van der Waals surface area (Å²) in [4.78, 5) is 15.9. The molecule has 0 atom stereocenters. The molecular weight excluding hydrogens is 264 g/mol. The minimum atomic E-state index is -0.323. The van der Waals surface area contributed by atoms with Gasteiger partial charge in [-0.2, -0.15) is 0 Å². The summed E-state index contributed by atoms with van der Waals surface area (Å²) in [5.74, 6) is 4.86. The van der Waals surface area contributed by atoms with Crippen LogP contribution in [0.1, 0.15) is 20.9 Å². The predicted octanol–water partition coefficient (Wildman–Crippen LogP) is 0.838. The van der Waals surface area contributed by atoms with Crippen molar-refractivity contribution in [2.75, 3.05) is 11.9 Å². The topological polar surface area (TPSA) is 88.0 Å². The molecule has 6 nitrogen and oxygen atoms in total. The maximum absolute atomic E-state index is 11.9. The largest absolute Gasteiger partial charge is 0.384 e. The first kappa shape index (κ1) is 13.1. The molecule has 96 valence electrons. The number of carbonyl (C=O) groups excluding carboxylic acids is 1. The minimum Gasteiger partial charge on any atom is -0.384 e. The van der Waals surface area contributed by atoms with Gasteiger partial charge in [0.25, 0.3) is 5.91 Å². The third-order valence-electron chi connectivity index (χ3n) is 2.06. The van der Waals surface area contributed by atoms with Crippen molar-refractivity contribution >= 4 is 22.4 Å². The van der Waals surface area contributed by atoms with Gasteiger partial charge in [0, 0.05) is 18.0 Å². The molecule has 2 aromatic heterocycles. The second-order valence-electron chi connectivity index (χ2n) is 3.50. The van der Waals surface area contributed by atoms with Gasteiger partial charge in [-0.3, -0.25) is 15.1 Å². The van der Waals surface area contributed by atoms with Crippen LogP contribution >= 0.6 is 11.3 Å². The fourth-order valence-corrected chi connectivity index (χ4v) is 1.88. The van der Waals surface area contributed by atoms with E-state index in [2.05, 4.69) is 32.3 Å². The number of nitrogens with zero attached hydrogens (tertiary/aromatic N) is 3. The number of carbonyl (C=O) groups is 1. The minimum absolute atomic E-state index is 0.236. The van der Waals surface area contributed by atoms with Gasteiger partial charge in [0.2, 0.25) is 5.13 Å². The SMILES string of the molecule is Cc1nnc(NC(=O)c2cncc(C#CCO)c2)s1. The van der Waals surface area contributed by atoms with E-state index in [1.807, 2.05) is 0 Å². The van der Waals surface area contributed by atoms with Gasteiger partial charge in [0.15, 0.2) is 0 Å². The highest BCUT2D eigenvalue weighted by Gasteiger charge is 2.09. The Morgan fingerprint density at radius 2 is 2.32 bits per heavy atom. The van der Waals surface area contributed by atoms with E-state index < -0.39 is 0 Å². The molecule has 0 aliphatic carbocycles. The number of aliphatic hydroxyl groups excluding tert-OH is 1. The van der Waals surface area contributed by atoms with Crippen molar-refractivity contribution in [2.24, 2.45) is 0 Å². The van der Waals surface area contributed by atoms with Crippen molar-refractivity contribution in [3.63, 3.8) is 0 Å². The summed E-state index contributed by atoms with van der Waals surface area (Å²) in [7, 11) is 0. The van der Waals surface area contributed by atoms with Crippen LogP contribution in [-0.4, -0.2) is 32.8 Å². The second kappa shape index (κ2) is 6.04. The average Bonchev–Trinajstić information content (AvgIpc) is 2.82. The molecule has 2 N–H and O–H groups in total. The van der Waals surface area contributed by atoms with Gasteiger partial charge in [0.05, 0.1) is 5.56 Å². The van der Waals surface area contributed by atoms with Crippen molar-refractivity contribution in [3.05, 3.63) is 34.6 Å². The van der Waals surface area contributed by atoms with Crippen LogP contribution < -0.4 is 5.32 Å². The fraction of sp³-hybridized carbons (Fsp3) is 0.167. The third kappa shape index (κ3) is 3.58. The number of nitrogens with one attached hydrogen (secondary N) is 1. The standard InChI is InChI=1S/C12H10N4O2S/c1-8-15-16-12(19-8)14-11(18)10-5-9(3-2-4-17)6-13-7-10/h5-7,17H,4H2,1H3,(H,14,16,18). The van der Waals surface area contributed by atoms with Gasteiger partial charge in [-0.15, -0.1) is 10.2 Å². The van der Waals surface area contributed by atoms with Crippen LogP contribution in [0.25, 0.3) is 0 Å². The molecule has 1 amide bonds. The Kier molecular flexibility index (Phi) is 4.18. The summed E-state index contributed by atoms with van der Waals surface area (Å²) in [5, 5.41) is 20.1. The van der Waals surface area contributed by atoms with Crippen molar-refractivity contribution in [1.29, 1.82) is 0 Å². The Bertz CT molecular complexity index is 657. The summed E-state index contributed by atoms with van der Waals surface area (Å²) in [6.45, 7) is 1.57. The summed E-state index contributed by atoms with van der Waals surface area (Å²) in [6, 6.07) is 1.60. The normalized spacial score (nSPS) is 9.58. The number of pyridine rings is 1. The molecule has 2 aromatic rings. The molecule has 19 heavy (non-hydrogen) atoms. The number of rotatable bonds is 2. The molecule has 0 aliphatic rings. The smallest absolute Gasteiger partial charge is 0.259 e. The molecule has 2 rings (SSSR count). The van der Waals surface area contributed by atoms with E-state index >= 15 is 0 Å². The molecule has 0 bridgehead atoms. The van der Waals surface area contributed by atoms with E-state index in [-0.39, 0.29) is 12.5 Å². The van der Waals surface area contributed by atoms with E-state index in [0.29, 0.717) is 16.3 Å². The molecular formula is C12H10N4O2S. The quantitative estimate of drug-likeness (QED) is 0.792. The molecule has 0 spiro atoms. The highest BCUT2D eigenvalue weighted by Crippen LogP contribution is 2.14. The van der Waals surface area contributed by atoms with Crippen LogP contribution in [0.5, 0.6) is 0 Å². The van der Waals surface area contributed by atoms with Crippen molar-refractivity contribution in [2.45, 2.75) is 6.92 Å². The van der Waals surface area contributed by atoms with Crippen LogP contribution in [0.15, 0.2) is 18.5 Å². The van der Waals surface area contributed by atoms with Gasteiger partial charge < -0.3 is 5.11 Å². The second-order valence-corrected chi connectivity index (χ2v) is 4.68. The fourth-order valence-electron chi connectivity index (χ4n) is 1.29. The molecule has 7 heteroatoms. The van der Waals surface area contributed by atoms with E-state index in [0.717, 1.165) is 5.01 Å². The van der Waals surface area contributed by atoms with Crippen molar-refractivity contribution < 1.29 is 9.90 Å². The molecule has 2 heterocycles. The number of aromatic nitrogens is 3. The lowest BCUT2D eigenvalue weighted by atomic mass is 10.2. The Morgan fingerprint density at radius 3 is 3.00 bits per heavy atom. The van der Waals surface area contributed by atoms with E-state index in [9.17, 15) is 4.79 Å². The van der Waals surface area contributed by atoms with Crippen LogP contribution in [0.2, 0.25) is 0 Å². The number of anilines is 1. The third-order valence-corrected chi connectivity index (χ3v) is 2.81. The lowest BCUT2D eigenvalue weighted by molar-refractivity contribution is 0.102. The van der Waals surface area contributed by atoms with Gasteiger partial charge in [0.1, 0.15) is 11.6 Å². The maximum Gasteiger partial charge on any atom is 0.259 e. The number of hydrogen-bond donors (Lipinski definition) is 2. The zero-order valence-electron chi connectivity index (χ0n) is 10.0. The average molecular weight is 274 g/mol. The molecule has 0 fully saturated rings. The summed E-state index contributed by atoms with van der Waals surface area (Å²) >= 11 is 1.29. The van der Waals surface area contributed by atoms with Gasteiger partial charge in [-0.1, -0.05) is 23.2 Å². The highest BCUT2D eigenvalue weighted by atomic mass is 32.1. The highest BCUT2D eigenvalue weighted by molar-refractivity contribution is 7.15. The van der Waals surface area contributed by atoms with Crippen LogP contribution in [0, 0.1) is 18.8 Å². The Hall–Kier alpha value is -2.30. The molecule has 0 radical (unpaired) electrons. The van der Waals surface area contributed by atoms with Gasteiger partial charge >= 0.3 is 0 Å². The maximum atomic E-state index is 11.9. The van der Waals surface area contributed by atoms with Crippen molar-refractivity contribution in [1.82, 2.24) is 15.2 Å². The summed E-state index contributed by atoms with van der Waals surface area (Å²) in [6.07, 6.45) is 2.96. The first-order chi connectivity index (χ1) is 9.19. The molecule has 0 aromatic carbocycles. The monoisotopic (exact) mass is 274 g/mol.